The SMILES string of the molecule is C=CCc1ccccc1O[C@H](C)c1nc2ccc(Cl)cc2[nH]1. The van der Waals surface area contributed by atoms with Crippen molar-refractivity contribution in [1.82, 2.24) is 9.97 Å². The number of imidazole rings is 1. The molecule has 0 spiro atoms. The molecule has 0 amide bonds. The predicted octanol–water partition coefficient (Wildman–Crippen LogP) is 5.08. The number of fused-ring (bicyclic) bond motifs is 1. The van der Waals surface area contributed by atoms with Crippen LogP contribution in [-0.4, -0.2) is 9.97 Å². The van der Waals surface area contributed by atoms with Gasteiger partial charge in [0.05, 0.1) is 11.0 Å². The molecule has 22 heavy (non-hydrogen) atoms. The van der Waals surface area contributed by atoms with E-state index in [1.807, 2.05) is 55.5 Å². The molecule has 0 aliphatic rings. The van der Waals surface area contributed by atoms with Crippen LogP contribution in [0.5, 0.6) is 5.75 Å². The number of halogens is 1. The monoisotopic (exact) mass is 312 g/mol. The van der Waals surface area contributed by atoms with E-state index in [1.54, 1.807) is 0 Å². The topological polar surface area (TPSA) is 37.9 Å². The van der Waals surface area contributed by atoms with Crippen LogP contribution >= 0.6 is 11.6 Å². The first-order valence-corrected chi connectivity index (χ1v) is 7.56. The highest BCUT2D eigenvalue weighted by Gasteiger charge is 2.14. The maximum Gasteiger partial charge on any atom is 0.153 e. The molecule has 0 radical (unpaired) electrons. The summed E-state index contributed by atoms with van der Waals surface area (Å²) in [4.78, 5) is 7.83. The standard InChI is InChI=1S/C18H17ClN2O/c1-3-6-13-7-4-5-8-17(13)22-12(2)18-20-15-10-9-14(19)11-16(15)21-18/h3-5,7-12H,1,6H2,2H3,(H,20,21)/t12-/m1/s1. The van der Waals surface area contributed by atoms with E-state index in [-0.39, 0.29) is 6.10 Å². The summed E-state index contributed by atoms with van der Waals surface area (Å²) < 4.78 is 6.07. The van der Waals surface area contributed by atoms with E-state index in [0.717, 1.165) is 34.6 Å². The highest BCUT2D eigenvalue weighted by molar-refractivity contribution is 6.31. The van der Waals surface area contributed by atoms with E-state index >= 15 is 0 Å². The van der Waals surface area contributed by atoms with Crippen molar-refractivity contribution in [2.24, 2.45) is 0 Å². The minimum atomic E-state index is -0.183. The van der Waals surface area contributed by atoms with Crippen molar-refractivity contribution in [2.45, 2.75) is 19.4 Å². The molecule has 1 heterocycles. The number of hydrogen-bond donors (Lipinski definition) is 1. The summed E-state index contributed by atoms with van der Waals surface area (Å²) in [5, 5.41) is 0.688. The minimum absolute atomic E-state index is 0.183. The van der Waals surface area contributed by atoms with Gasteiger partial charge in [0, 0.05) is 5.02 Å². The van der Waals surface area contributed by atoms with E-state index < -0.39 is 0 Å². The molecular formula is C18H17ClN2O. The van der Waals surface area contributed by atoms with Gasteiger partial charge >= 0.3 is 0 Å². The molecule has 0 bridgehead atoms. The van der Waals surface area contributed by atoms with Gasteiger partial charge in [0.2, 0.25) is 0 Å². The second-order valence-corrected chi connectivity index (χ2v) is 5.58. The molecular weight excluding hydrogens is 296 g/mol. The molecule has 3 aromatic rings. The zero-order valence-corrected chi connectivity index (χ0v) is 13.1. The molecule has 1 aromatic heterocycles. The van der Waals surface area contributed by atoms with Crippen LogP contribution in [0.4, 0.5) is 0 Å². The quantitative estimate of drug-likeness (QED) is 0.667. The fourth-order valence-corrected chi connectivity index (χ4v) is 2.56. The number of aromatic nitrogens is 2. The molecule has 0 saturated carbocycles. The number of rotatable bonds is 5. The van der Waals surface area contributed by atoms with Crippen molar-refractivity contribution < 1.29 is 4.74 Å². The predicted molar refractivity (Wildman–Crippen MR) is 90.5 cm³/mol. The lowest BCUT2D eigenvalue weighted by Gasteiger charge is -2.15. The lowest BCUT2D eigenvalue weighted by molar-refractivity contribution is 0.216. The Labute approximate surface area is 134 Å². The fraction of sp³-hybridized carbons (Fsp3) is 0.167. The Morgan fingerprint density at radius 2 is 2.14 bits per heavy atom. The van der Waals surface area contributed by atoms with Gasteiger partial charge in [0.25, 0.3) is 0 Å². The molecule has 0 saturated heterocycles. The lowest BCUT2D eigenvalue weighted by atomic mass is 10.1. The second kappa shape index (κ2) is 6.24. The number of benzene rings is 2. The van der Waals surface area contributed by atoms with Crippen molar-refractivity contribution in [3.05, 3.63) is 71.5 Å². The van der Waals surface area contributed by atoms with E-state index in [4.69, 9.17) is 16.3 Å². The van der Waals surface area contributed by atoms with Crippen molar-refractivity contribution in [1.29, 1.82) is 0 Å². The molecule has 0 aliphatic carbocycles. The Morgan fingerprint density at radius 1 is 1.32 bits per heavy atom. The minimum Gasteiger partial charge on any atom is -0.483 e. The summed E-state index contributed by atoms with van der Waals surface area (Å²) in [5.74, 6) is 1.64. The van der Waals surface area contributed by atoms with E-state index in [1.165, 1.54) is 0 Å². The number of ether oxygens (including phenoxy) is 1. The number of nitrogens with zero attached hydrogens (tertiary/aromatic N) is 1. The van der Waals surface area contributed by atoms with Gasteiger partial charge in [-0.05, 0) is 43.2 Å². The van der Waals surface area contributed by atoms with Crippen LogP contribution in [0, 0.1) is 0 Å². The van der Waals surface area contributed by atoms with E-state index in [0.29, 0.717) is 5.02 Å². The van der Waals surface area contributed by atoms with Crippen LogP contribution in [0.15, 0.2) is 55.1 Å². The zero-order chi connectivity index (χ0) is 15.5. The fourth-order valence-electron chi connectivity index (χ4n) is 2.38. The van der Waals surface area contributed by atoms with Crippen molar-refractivity contribution in [2.75, 3.05) is 0 Å². The number of para-hydroxylation sites is 1. The Kier molecular flexibility index (Phi) is 4.16. The average Bonchev–Trinajstić information content (AvgIpc) is 2.92. The lowest BCUT2D eigenvalue weighted by Crippen LogP contribution is -2.06. The summed E-state index contributed by atoms with van der Waals surface area (Å²) in [6.07, 6.45) is 2.46. The molecule has 0 fully saturated rings. The van der Waals surface area contributed by atoms with Crippen molar-refractivity contribution in [3.8, 4) is 5.75 Å². The van der Waals surface area contributed by atoms with Gasteiger partial charge in [-0.3, -0.25) is 0 Å². The number of allylic oxidation sites excluding steroid dienone is 1. The number of hydrogen-bond acceptors (Lipinski definition) is 2. The molecule has 4 heteroatoms. The summed E-state index contributed by atoms with van der Waals surface area (Å²) in [7, 11) is 0. The van der Waals surface area contributed by atoms with Crippen molar-refractivity contribution >= 4 is 22.6 Å². The summed E-state index contributed by atoms with van der Waals surface area (Å²) in [6, 6.07) is 13.6. The molecule has 1 N–H and O–H groups in total. The molecule has 2 aromatic carbocycles. The van der Waals surface area contributed by atoms with E-state index in [9.17, 15) is 0 Å². The smallest absolute Gasteiger partial charge is 0.153 e. The number of aromatic amines is 1. The largest absolute Gasteiger partial charge is 0.483 e. The molecule has 0 aliphatic heterocycles. The van der Waals surface area contributed by atoms with Crippen LogP contribution in [0.3, 0.4) is 0 Å². The van der Waals surface area contributed by atoms with Gasteiger partial charge < -0.3 is 9.72 Å². The normalized spacial score (nSPS) is 12.3. The molecule has 1 atom stereocenters. The maximum absolute atomic E-state index is 6.07. The van der Waals surface area contributed by atoms with Crippen LogP contribution in [0.25, 0.3) is 11.0 Å². The number of H-pyrrole nitrogens is 1. The van der Waals surface area contributed by atoms with Crippen molar-refractivity contribution in [3.63, 3.8) is 0 Å². The molecule has 3 rings (SSSR count). The van der Waals surface area contributed by atoms with Crippen LogP contribution < -0.4 is 4.74 Å². The van der Waals surface area contributed by atoms with Crippen LogP contribution in [-0.2, 0) is 6.42 Å². The first-order chi connectivity index (χ1) is 10.7. The Hall–Kier alpha value is -2.26. The highest BCUT2D eigenvalue weighted by Crippen LogP contribution is 2.26. The van der Waals surface area contributed by atoms with E-state index in [2.05, 4.69) is 16.5 Å². The summed E-state index contributed by atoms with van der Waals surface area (Å²) in [6.45, 7) is 5.76. The average molecular weight is 313 g/mol. The van der Waals surface area contributed by atoms with Crippen LogP contribution in [0.1, 0.15) is 24.4 Å². The maximum atomic E-state index is 6.07. The number of nitrogens with one attached hydrogen (secondary N) is 1. The van der Waals surface area contributed by atoms with Gasteiger partial charge in [0.15, 0.2) is 6.10 Å². The summed E-state index contributed by atoms with van der Waals surface area (Å²) >= 11 is 6.00. The third-order valence-corrected chi connectivity index (χ3v) is 3.72. The van der Waals surface area contributed by atoms with Gasteiger partial charge in [-0.25, -0.2) is 4.98 Å². The molecule has 0 unspecified atom stereocenters. The first kappa shape index (κ1) is 14.7. The second-order valence-electron chi connectivity index (χ2n) is 5.14. The Morgan fingerprint density at radius 3 is 2.95 bits per heavy atom. The molecule has 3 nitrogen and oxygen atoms in total. The Balaban J connectivity index is 1.86. The Bertz CT molecular complexity index is 810. The van der Waals surface area contributed by atoms with Gasteiger partial charge in [-0.1, -0.05) is 35.9 Å². The molecule has 112 valence electrons. The summed E-state index contributed by atoms with van der Waals surface area (Å²) in [5.41, 5.74) is 2.91. The third kappa shape index (κ3) is 3.00. The van der Waals surface area contributed by atoms with Gasteiger partial charge in [-0.15, -0.1) is 6.58 Å². The van der Waals surface area contributed by atoms with Gasteiger partial charge in [0.1, 0.15) is 11.6 Å². The zero-order valence-electron chi connectivity index (χ0n) is 12.3. The highest BCUT2D eigenvalue weighted by atomic mass is 35.5. The first-order valence-electron chi connectivity index (χ1n) is 7.18. The van der Waals surface area contributed by atoms with Crippen LogP contribution in [0.2, 0.25) is 5.02 Å². The van der Waals surface area contributed by atoms with Gasteiger partial charge in [-0.2, -0.15) is 0 Å². The third-order valence-electron chi connectivity index (χ3n) is 3.49.